The summed E-state index contributed by atoms with van der Waals surface area (Å²) in [7, 11) is 0. The highest BCUT2D eigenvalue weighted by atomic mass is 19.4. The molecule has 0 radical (unpaired) electrons. The van der Waals surface area contributed by atoms with E-state index in [9.17, 15) is 22.4 Å². The molecule has 2 N–H and O–H groups in total. The summed E-state index contributed by atoms with van der Waals surface area (Å²) in [6.45, 7) is 2.34. The molecule has 0 bridgehead atoms. The number of nitrogens with zero attached hydrogens (tertiary/aromatic N) is 3. The molecule has 40 heavy (non-hydrogen) atoms. The number of likely N-dealkylation sites (tertiary alicyclic amines) is 1. The maximum absolute atomic E-state index is 15.1. The summed E-state index contributed by atoms with van der Waals surface area (Å²) < 4.78 is 68.3. The van der Waals surface area contributed by atoms with Crippen LogP contribution < -0.4 is 10.6 Å². The van der Waals surface area contributed by atoms with Crippen molar-refractivity contribution in [3.05, 3.63) is 76.9 Å². The predicted molar refractivity (Wildman–Crippen MR) is 140 cm³/mol. The second-order valence-electron chi connectivity index (χ2n) is 10.4. The van der Waals surface area contributed by atoms with Gasteiger partial charge in [-0.1, -0.05) is 12.5 Å². The Morgan fingerprint density at radius 2 is 1.77 bits per heavy atom. The Bertz CT molecular complexity index is 1500. The quantitative estimate of drug-likeness (QED) is 0.357. The zero-order valence-corrected chi connectivity index (χ0v) is 21.4. The van der Waals surface area contributed by atoms with Crippen molar-refractivity contribution in [3.63, 3.8) is 0 Å². The van der Waals surface area contributed by atoms with E-state index in [1.54, 1.807) is 24.3 Å². The minimum Gasteiger partial charge on any atom is -0.378 e. The second-order valence-corrected chi connectivity index (χ2v) is 10.4. The number of piperidine rings is 1. The number of amides is 1. The molecule has 1 saturated carbocycles. The second kappa shape index (κ2) is 10.3. The van der Waals surface area contributed by atoms with Gasteiger partial charge in [0.1, 0.15) is 0 Å². The molecule has 1 aromatic heterocycles. The van der Waals surface area contributed by atoms with E-state index in [4.69, 9.17) is 0 Å². The Morgan fingerprint density at radius 3 is 2.45 bits per heavy atom. The Morgan fingerprint density at radius 1 is 1.02 bits per heavy atom. The third-order valence-corrected chi connectivity index (χ3v) is 7.71. The zero-order valence-electron chi connectivity index (χ0n) is 21.4. The molecule has 1 amide bonds. The third-order valence-electron chi connectivity index (χ3n) is 7.71. The van der Waals surface area contributed by atoms with Crippen molar-refractivity contribution >= 4 is 22.9 Å². The summed E-state index contributed by atoms with van der Waals surface area (Å²) >= 11 is 0. The number of hydrogen-bond donors (Lipinski definition) is 2. The third kappa shape index (κ3) is 5.05. The Balaban J connectivity index is 1.32. The van der Waals surface area contributed by atoms with Gasteiger partial charge in [0, 0.05) is 29.4 Å². The van der Waals surface area contributed by atoms with Crippen LogP contribution >= 0.6 is 0 Å². The van der Waals surface area contributed by atoms with Crippen molar-refractivity contribution < 1.29 is 26.7 Å². The Hall–Kier alpha value is -3.86. The van der Waals surface area contributed by atoms with Crippen LogP contribution in [0.4, 0.5) is 33.3 Å². The number of fused-ring (bicyclic) bond motifs is 2. The average Bonchev–Trinajstić information content (AvgIpc) is 2.91. The number of rotatable bonds is 5. The molecule has 1 saturated heterocycles. The monoisotopic (exact) mass is 555 g/mol. The average molecular weight is 556 g/mol. The van der Waals surface area contributed by atoms with E-state index in [1.165, 1.54) is 12.5 Å². The highest BCUT2D eigenvalue weighted by Crippen LogP contribution is 2.45. The van der Waals surface area contributed by atoms with Crippen molar-refractivity contribution in [1.82, 2.24) is 14.9 Å². The van der Waals surface area contributed by atoms with Crippen molar-refractivity contribution in [2.45, 2.75) is 50.9 Å². The van der Waals surface area contributed by atoms with Gasteiger partial charge in [0.2, 0.25) is 5.82 Å². The summed E-state index contributed by atoms with van der Waals surface area (Å²) in [5, 5.41) is 5.97. The topological polar surface area (TPSA) is 70.1 Å². The molecule has 1 atom stereocenters. The maximum atomic E-state index is 15.1. The maximum Gasteiger partial charge on any atom is 0.451 e. The van der Waals surface area contributed by atoms with Crippen molar-refractivity contribution in [1.29, 1.82) is 0 Å². The van der Waals surface area contributed by atoms with E-state index in [0.717, 1.165) is 50.3 Å². The van der Waals surface area contributed by atoms with Gasteiger partial charge in [-0.3, -0.25) is 9.69 Å². The molecule has 1 aliphatic carbocycles. The fourth-order valence-corrected chi connectivity index (χ4v) is 5.62. The summed E-state index contributed by atoms with van der Waals surface area (Å²) in [4.78, 5) is 22.3. The highest BCUT2D eigenvalue weighted by molar-refractivity contribution is 6.28. The highest BCUT2D eigenvalue weighted by Gasteiger charge is 2.37. The van der Waals surface area contributed by atoms with Crippen LogP contribution in [0.5, 0.6) is 0 Å². The van der Waals surface area contributed by atoms with E-state index >= 15 is 4.39 Å². The molecule has 6 rings (SSSR count). The number of anilines is 2. The van der Waals surface area contributed by atoms with Gasteiger partial charge in [-0.15, -0.1) is 0 Å². The van der Waals surface area contributed by atoms with Crippen LogP contribution in [-0.4, -0.2) is 39.9 Å². The molecular formula is C29H26F5N5O. The molecule has 3 aromatic rings. The number of carbonyl (C=O) groups is 1. The van der Waals surface area contributed by atoms with E-state index in [2.05, 4.69) is 25.5 Å². The van der Waals surface area contributed by atoms with Gasteiger partial charge >= 0.3 is 6.18 Å². The van der Waals surface area contributed by atoms with Gasteiger partial charge in [-0.2, -0.15) is 13.2 Å². The van der Waals surface area contributed by atoms with Crippen LogP contribution in [0.2, 0.25) is 0 Å². The fourth-order valence-electron chi connectivity index (χ4n) is 5.62. The number of halogens is 5. The van der Waals surface area contributed by atoms with Crippen LogP contribution in [0.25, 0.3) is 16.7 Å². The number of hydrogen-bond acceptors (Lipinski definition) is 5. The Labute approximate surface area is 227 Å². The van der Waals surface area contributed by atoms with Crippen LogP contribution in [0.1, 0.15) is 49.1 Å². The minimum atomic E-state index is -4.70. The molecule has 3 heterocycles. The van der Waals surface area contributed by atoms with Crippen LogP contribution in [0, 0.1) is 11.6 Å². The first-order valence-electron chi connectivity index (χ1n) is 13.2. The van der Waals surface area contributed by atoms with Crippen molar-refractivity contribution in [2.24, 2.45) is 0 Å². The van der Waals surface area contributed by atoms with Crippen LogP contribution in [0.15, 0.2) is 48.3 Å². The molecule has 208 valence electrons. The van der Waals surface area contributed by atoms with Crippen molar-refractivity contribution in [3.8, 4) is 11.1 Å². The number of nitrogens with one attached hydrogen (secondary N) is 2. The van der Waals surface area contributed by atoms with Crippen molar-refractivity contribution in [2.75, 3.05) is 23.7 Å². The summed E-state index contributed by atoms with van der Waals surface area (Å²) in [6.07, 6.45) is 1.90. The normalized spacial score (nSPS) is 18.9. The summed E-state index contributed by atoms with van der Waals surface area (Å²) in [6, 6.07) is 7.93. The molecule has 2 fully saturated rings. The van der Waals surface area contributed by atoms with Gasteiger partial charge in [0.05, 0.1) is 23.7 Å². The van der Waals surface area contributed by atoms with Gasteiger partial charge < -0.3 is 10.6 Å². The summed E-state index contributed by atoms with van der Waals surface area (Å²) in [5.74, 6) is -3.74. The van der Waals surface area contributed by atoms with Crippen LogP contribution in [0.3, 0.4) is 0 Å². The number of benzene rings is 2. The molecule has 0 spiro atoms. The molecule has 2 aliphatic heterocycles. The van der Waals surface area contributed by atoms with Gasteiger partial charge in [-0.05, 0) is 79.7 Å². The first-order chi connectivity index (χ1) is 19.2. The van der Waals surface area contributed by atoms with E-state index in [-0.39, 0.29) is 17.3 Å². The predicted octanol–water partition coefficient (Wildman–Crippen LogP) is 6.41. The number of aromatic nitrogens is 2. The molecule has 2 aromatic carbocycles. The first-order valence-corrected chi connectivity index (χ1v) is 13.2. The lowest BCUT2D eigenvalue weighted by molar-refractivity contribution is -0.144. The van der Waals surface area contributed by atoms with E-state index < -0.39 is 29.5 Å². The largest absolute Gasteiger partial charge is 0.451 e. The lowest BCUT2D eigenvalue weighted by Crippen LogP contribution is -2.37. The molecule has 1 unspecified atom stereocenters. The van der Waals surface area contributed by atoms with E-state index in [1.807, 2.05) is 0 Å². The van der Waals surface area contributed by atoms with Gasteiger partial charge in [-0.25, -0.2) is 18.7 Å². The van der Waals surface area contributed by atoms with Gasteiger partial charge in [0.15, 0.2) is 11.6 Å². The number of alkyl halides is 3. The fraction of sp³-hybridized carbons (Fsp3) is 0.345. The first kappa shape index (κ1) is 26.4. The van der Waals surface area contributed by atoms with E-state index in [0.29, 0.717) is 40.9 Å². The molecule has 11 heteroatoms. The Kier molecular flexibility index (Phi) is 6.77. The molecule has 3 aliphatic rings. The minimum absolute atomic E-state index is 0.0109. The summed E-state index contributed by atoms with van der Waals surface area (Å²) in [5.41, 5.74) is 3.58. The molecular weight excluding hydrogens is 529 g/mol. The smallest absolute Gasteiger partial charge is 0.378 e. The lowest BCUT2D eigenvalue weighted by atomic mass is 9.76. The molecule has 6 nitrogen and oxygen atoms in total. The zero-order chi connectivity index (χ0) is 28.0. The SMILES string of the molecule is O=C(Nc1cnc(C(F)(F)F)nc1)C1=C2CCC2Nc2ccc(-c3cc(CN4CCCCC4)cc(F)c3F)cc21. The lowest BCUT2D eigenvalue weighted by Gasteiger charge is -2.39. The van der Waals surface area contributed by atoms with Crippen LogP contribution in [-0.2, 0) is 17.5 Å². The standard InChI is InChI=1S/C29H26F5N5O/c30-22-11-16(15-39-8-2-1-3-9-39)10-20(26(22)31)17-4-6-24-21(12-17)25(19-5-7-23(19)38-24)27(40)37-18-13-35-28(36-14-18)29(32,33)34/h4,6,10-14,23,38H,1-3,5,7-9,15H2,(H,37,40). The van der Waals surface area contributed by atoms with Gasteiger partial charge in [0.25, 0.3) is 5.91 Å². The number of carbonyl (C=O) groups excluding carboxylic acids is 1.